The molecule has 25 heavy (non-hydrogen) atoms. The Morgan fingerprint density at radius 3 is 2.24 bits per heavy atom. The molecule has 0 saturated heterocycles. The molecule has 0 aliphatic heterocycles. The largest absolute Gasteiger partial charge is 0.467 e. The van der Waals surface area contributed by atoms with Crippen LogP contribution in [0.2, 0.25) is 0 Å². The van der Waals surface area contributed by atoms with Gasteiger partial charge in [-0.15, -0.1) is 0 Å². The van der Waals surface area contributed by atoms with Gasteiger partial charge in [-0.05, 0) is 24.8 Å². The van der Waals surface area contributed by atoms with Crippen molar-refractivity contribution in [3.63, 3.8) is 0 Å². The number of amides is 2. The molecule has 0 spiro atoms. The van der Waals surface area contributed by atoms with E-state index in [0.717, 1.165) is 5.56 Å². The smallest absolute Gasteiger partial charge is 0.408 e. The van der Waals surface area contributed by atoms with Gasteiger partial charge < -0.3 is 20.1 Å². The summed E-state index contributed by atoms with van der Waals surface area (Å²) in [6, 6.07) is 7.65. The Morgan fingerprint density at radius 1 is 1.04 bits per heavy atom. The molecule has 7 heteroatoms. The average molecular weight is 350 g/mol. The lowest BCUT2D eigenvalue weighted by molar-refractivity contribution is -0.144. The van der Waals surface area contributed by atoms with Crippen LogP contribution in [0.4, 0.5) is 4.79 Å². The lowest BCUT2D eigenvalue weighted by atomic mass is 10.0. The maximum atomic E-state index is 12.3. The van der Waals surface area contributed by atoms with Crippen molar-refractivity contribution in [1.29, 1.82) is 0 Å². The van der Waals surface area contributed by atoms with Crippen LogP contribution in [0.3, 0.4) is 0 Å². The molecule has 1 aromatic rings. The fraction of sp³-hybridized carbons (Fsp3) is 0.500. The Labute approximate surface area is 148 Å². The molecule has 0 bridgehead atoms. The van der Waals surface area contributed by atoms with Gasteiger partial charge in [-0.25, -0.2) is 9.59 Å². The van der Waals surface area contributed by atoms with Crippen LogP contribution in [0.5, 0.6) is 0 Å². The number of benzene rings is 1. The highest BCUT2D eigenvalue weighted by Crippen LogP contribution is 2.07. The lowest BCUT2D eigenvalue weighted by Gasteiger charge is -2.21. The number of hydrogen-bond donors (Lipinski definition) is 2. The summed E-state index contributed by atoms with van der Waals surface area (Å²) >= 11 is 0. The zero-order valence-electron chi connectivity index (χ0n) is 15.1. The number of nitrogens with one attached hydrogen (secondary N) is 2. The SMILES string of the molecule is COC(=O)[C@H](C)NC(=O)[C@@H](CC(C)C)NC(=O)OCc1ccccc1. The molecule has 0 radical (unpaired) electrons. The van der Waals surface area contributed by atoms with Gasteiger partial charge in [0.1, 0.15) is 18.7 Å². The Balaban J connectivity index is 2.60. The Kier molecular flexibility index (Phi) is 8.46. The number of hydrogen-bond acceptors (Lipinski definition) is 5. The summed E-state index contributed by atoms with van der Waals surface area (Å²) in [4.78, 5) is 35.7. The Hall–Kier alpha value is -2.57. The predicted octanol–water partition coefficient (Wildman–Crippen LogP) is 2.01. The van der Waals surface area contributed by atoms with Crippen LogP contribution in [0, 0.1) is 5.92 Å². The van der Waals surface area contributed by atoms with Gasteiger partial charge in [-0.3, -0.25) is 4.79 Å². The van der Waals surface area contributed by atoms with Gasteiger partial charge in [0, 0.05) is 0 Å². The van der Waals surface area contributed by atoms with Gasteiger partial charge in [-0.2, -0.15) is 0 Å². The monoisotopic (exact) mass is 350 g/mol. The molecule has 7 nitrogen and oxygen atoms in total. The number of rotatable bonds is 8. The number of methoxy groups -OCH3 is 1. The number of alkyl carbamates (subject to hydrolysis) is 1. The molecule has 0 saturated carbocycles. The maximum absolute atomic E-state index is 12.3. The van der Waals surface area contributed by atoms with Crippen molar-refractivity contribution in [2.45, 2.75) is 45.9 Å². The van der Waals surface area contributed by atoms with Crippen LogP contribution in [0.25, 0.3) is 0 Å². The summed E-state index contributed by atoms with van der Waals surface area (Å²) in [5.41, 5.74) is 0.849. The predicted molar refractivity (Wildman–Crippen MR) is 92.6 cm³/mol. The topological polar surface area (TPSA) is 93.7 Å². The summed E-state index contributed by atoms with van der Waals surface area (Å²) < 4.78 is 9.72. The fourth-order valence-corrected chi connectivity index (χ4v) is 2.16. The van der Waals surface area contributed by atoms with E-state index in [0.29, 0.717) is 6.42 Å². The van der Waals surface area contributed by atoms with Gasteiger partial charge in [0.05, 0.1) is 7.11 Å². The standard InChI is InChI=1S/C18H26N2O5/c1-12(2)10-15(16(21)19-13(3)17(22)24-4)20-18(23)25-11-14-8-6-5-7-9-14/h5-9,12-13,15H,10-11H2,1-4H3,(H,19,21)(H,20,23)/t13-,15+/m0/s1. The third kappa shape index (κ3) is 7.69. The van der Waals surface area contributed by atoms with Crippen molar-refractivity contribution in [3.05, 3.63) is 35.9 Å². The highest BCUT2D eigenvalue weighted by Gasteiger charge is 2.25. The first-order chi connectivity index (χ1) is 11.8. The van der Waals surface area contributed by atoms with Gasteiger partial charge in [0.15, 0.2) is 0 Å². The number of carbonyl (C=O) groups is 3. The van der Waals surface area contributed by atoms with Crippen LogP contribution in [0.15, 0.2) is 30.3 Å². The van der Waals surface area contributed by atoms with Crippen molar-refractivity contribution in [2.24, 2.45) is 5.92 Å². The zero-order valence-corrected chi connectivity index (χ0v) is 15.1. The van der Waals surface area contributed by atoms with E-state index in [4.69, 9.17) is 4.74 Å². The molecule has 2 atom stereocenters. The minimum Gasteiger partial charge on any atom is -0.467 e. The molecular weight excluding hydrogens is 324 g/mol. The van der Waals surface area contributed by atoms with E-state index in [1.54, 1.807) is 0 Å². The quantitative estimate of drug-likeness (QED) is 0.700. The van der Waals surface area contributed by atoms with Crippen molar-refractivity contribution in [1.82, 2.24) is 10.6 Å². The van der Waals surface area contributed by atoms with Crippen LogP contribution < -0.4 is 10.6 Å². The summed E-state index contributed by atoms with van der Waals surface area (Å²) in [6.07, 6.45) is -0.268. The molecule has 0 fully saturated rings. The molecule has 0 aliphatic carbocycles. The van der Waals surface area contributed by atoms with E-state index >= 15 is 0 Å². The first-order valence-electron chi connectivity index (χ1n) is 8.19. The van der Waals surface area contributed by atoms with Crippen molar-refractivity contribution < 1.29 is 23.9 Å². The van der Waals surface area contributed by atoms with E-state index in [-0.39, 0.29) is 12.5 Å². The Bertz CT molecular complexity index is 574. The zero-order chi connectivity index (χ0) is 18.8. The van der Waals surface area contributed by atoms with Gasteiger partial charge in [0.25, 0.3) is 0 Å². The second-order valence-electron chi connectivity index (χ2n) is 6.14. The molecule has 0 aromatic heterocycles. The Morgan fingerprint density at radius 2 is 1.68 bits per heavy atom. The molecule has 1 rings (SSSR count). The third-order valence-electron chi connectivity index (χ3n) is 3.44. The van der Waals surface area contributed by atoms with Gasteiger partial charge >= 0.3 is 12.1 Å². The van der Waals surface area contributed by atoms with E-state index in [1.165, 1.54) is 14.0 Å². The van der Waals surface area contributed by atoms with E-state index in [1.807, 2.05) is 44.2 Å². The van der Waals surface area contributed by atoms with Crippen LogP contribution in [-0.4, -0.2) is 37.2 Å². The number of carbonyl (C=O) groups excluding carboxylic acids is 3. The molecule has 0 aliphatic rings. The second kappa shape index (κ2) is 10.3. The van der Waals surface area contributed by atoms with E-state index in [9.17, 15) is 14.4 Å². The highest BCUT2D eigenvalue weighted by molar-refractivity contribution is 5.89. The van der Waals surface area contributed by atoms with Crippen LogP contribution in [0.1, 0.15) is 32.8 Å². The first kappa shape index (κ1) is 20.5. The first-order valence-corrected chi connectivity index (χ1v) is 8.19. The van der Waals surface area contributed by atoms with E-state index in [2.05, 4.69) is 15.4 Å². The summed E-state index contributed by atoms with van der Waals surface area (Å²) in [5, 5.41) is 5.09. The minimum absolute atomic E-state index is 0.112. The minimum atomic E-state index is -0.797. The molecule has 2 amide bonds. The van der Waals surface area contributed by atoms with Crippen molar-refractivity contribution in [3.8, 4) is 0 Å². The summed E-state index contributed by atoms with van der Waals surface area (Å²) in [6.45, 7) is 5.49. The van der Waals surface area contributed by atoms with Gasteiger partial charge in [-0.1, -0.05) is 44.2 Å². The van der Waals surface area contributed by atoms with Gasteiger partial charge in [0.2, 0.25) is 5.91 Å². The molecule has 0 unspecified atom stereocenters. The normalized spacial score (nSPS) is 12.8. The fourth-order valence-electron chi connectivity index (χ4n) is 2.16. The van der Waals surface area contributed by atoms with Crippen LogP contribution >= 0.6 is 0 Å². The summed E-state index contributed by atoms with van der Waals surface area (Å²) in [5.74, 6) is -0.842. The molecule has 1 aromatic carbocycles. The number of esters is 1. The van der Waals surface area contributed by atoms with Crippen molar-refractivity contribution >= 4 is 18.0 Å². The average Bonchev–Trinajstić information content (AvgIpc) is 2.59. The lowest BCUT2D eigenvalue weighted by Crippen LogP contribution is -2.51. The molecule has 138 valence electrons. The third-order valence-corrected chi connectivity index (χ3v) is 3.44. The number of ether oxygens (including phenoxy) is 2. The van der Waals surface area contributed by atoms with Crippen LogP contribution in [-0.2, 0) is 25.7 Å². The molecular formula is C18H26N2O5. The van der Waals surface area contributed by atoms with E-state index < -0.39 is 30.1 Å². The second-order valence-corrected chi connectivity index (χ2v) is 6.14. The molecule has 0 heterocycles. The molecule has 2 N–H and O–H groups in total. The highest BCUT2D eigenvalue weighted by atomic mass is 16.5. The maximum Gasteiger partial charge on any atom is 0.408 e. The van der Waals surface area contributed by atoms with Crippen molar-refractivity contribution in [2.75, 3.05) is 7.11 Å². The summed E-state index contributed by atoms with van der Waals surface area (Å²) in [7, 11) is 1.25.